The fourth-order valence-corrected chi connectivity index (χ4v) is 4.05. The van der Waals surface area contributed by atoms with E-state index in [0.717, 1.165) is 19.3 Å². The SMILES string of the molecule is CCC[C@H](C)NC(=O)CSc1nnc(-c2ccccc2F)n1CCc1ccccc1. The van der Waals surface area contributed by atoms with Crippen LogP contribution in [-0.2, 0) is 17.8 Å². The molecule has 3 aromatic rings. The third kappa shape index (κ3) is 5.92. The minimum absolute atomic E-state index is 0.0361. The number of aryl methyl sites for hydroxylation is 1. The van der Waals surface area contributed by atoms with Gasteiger partial charge >= 0.3 is 0 Å². The molecule has 0 bridgehead atoms. The van der Waals surface area contributed by atoms with Gasteiger partial charge in [0, 0.05) is 12.6 Å². The van der Waals surface area contributed by atoms with E-state index in [-0.39, 0.29) is 23.5 Å². The van der Waals surface area contributed by atoms with Crippen LogP contribution in [0.5, 0.6) is 0 Å². The molecule has 0 radical (unpaired) electrons. The second-order valence-corrected chi connectivity index (χ2v) is 8.16. The van der Waals surface area contributed by atoms with Crippen LogP contribution in [0.2, 0.25) is 0 Å². The fraction of sp³-hybridized carbons (Fsp3) is 0.348. The Labute approximate surface area is 181 Å². The van der Waals surface area contributed by atoms with E-state index in [1.807, 2.05) is 29.7 Å². The minimum atomic E-state index is -0.339. The van der Waals surface area contributed by atoms with Gasteiger partial charge in [-0.2, -0.15) is 0 Å². The predicted octanol–water partition coefficient (Wildman–Crippen LogP) is 4.72. The topological polar surface area (TPSA) is 59.8 Å². The molecule has 0 unspecified atom stereocenters. The van der Waals surface area contributed by atoms with Crippen molar-refractivity contribution in [3.05, 3.63) is 66.0 Å². The third-order valence-corrected chi connectivity index (χ3v) is 5.73. The summed E-state index contributed by atoms with van der Waals surface area (Å²) in [7, 11) is 0. The van der Waals surface area contributed by atoms with Gasteiger partial charge in [0.25, 0.3) is 0 Å². The van der Waals surface area contributed by atoms with Crippen molar-refractivity contribution in [1.82, 2.24) is 20.1 Å². The number of halogens is 1. The smallest absolute Gasteiger partial charge is 0.230 e. The fourth-order valence-electron chi connectivity index (χ4n) is 3.28. The lowest BCUT2D eigenvalue weighted by Gasteiger charge is -2.13. The first-order valence-corrected chi connectivity index (χ1v) is 11.2. The van der Waals surface area contributed by atoms with Crippen molar-refractivity contribution in [3.8, 4) is 11.4 Å². The highest BCUT2D eigenvalue weighted by atomic mass is 32.2. The number of hydrogen-bond acceptors (Lipinski definition) is 4. The van der Waals surface area contributed by atoms with Crippen molar-refractivity contribution in [2.75, 3.05) is 5.75 Å². The molecule has 1 N–H and O–H groups in total. The van der Waals surface area contributed by atoms with E-state index >= 15 is 0 Å². The molecular formula is C23H27FN4OS. The van der Waals surface area contributed by atoms with E-state index in [1.54, 1.807) is 18.2 Å². The summed E-state index contributed by atoms with van der Waals surface area (Å²) >= 11 is 1.33. The number of hydrogen-bond donors (Lipinski definition) is 1. The van der Waals surface area contributed by atoms with Gasteiger partial charge in [-0.1, -0.05) is 67.6 Å². The number of amides is 1. The van der Waals surface area contributed by atoms with Crippen LogP contribution >= 0.6 is 11.8 Å². The molecule has 1 atom stereocenters. The zero-order chi connectivity index (χ0) is 21.3. The second-order valence-electron chi connectivity index (χ2n) is 7.22. The predicted molar refractivity (Wildman–Crippen MR) is 119 cm³/mol. The Morgan fingerprint density at radius 1 is 1.13 bits per heavy atom. The Morgan fingerprint density at radius 2 is 1.87 bits per heavy atom. The highest BCUT2D eigenvalue weighted by Crippen LogP contribution is 2.26. The molecule has 7 heteroatoms. The average molecular weight is 427 g/mol. The molecule has 30 heavy (non-hydrogen) atoms. The molecule has 5 nitrogen and oxygen atoms in total. The standard InChI is InChI=1S/C23H27FN4OS/c1-3-9-17(2)25-21(29)16-30-23-27-26-22(19-12-7-8-13-20(19)24)28(23)15-14-18-10-5-4-6-11-18/h4-8,10-13,17H,3,9,14-16H2,1-2H3,(H,25,29)/t17-/m0/s1. The molecule has 0 aliphatic heterocycles. The van der Waals surface area contributed by atoms with Gasteiger partial charge in [-0.3, -0.25) is 4.79 Å². The van der Waals surface area contributed by atoms with Crippen LogP contribution in [0.25, 0.3) is 11.4 Å². The van der Waals surface area contributed by atoms with Crippen LogP contribution < -0.4 is 5.32 Å². The first kappa shape index (κ1) is 22.0. The Bertz CT molecular complexity index is 961. The number of aromatic nitrogens is 3. The summed E-state index contributed by atoms with van der Waals surface area (Å²) in [6.45, 7) is 4.69. The van der Waals surface area contributed by atoms with Crippen LogP contribution in [0, 0.1) is 5.82 Å². The van der Waals surface area contributed by atoms with Crippen molar-refractivity contribution in [2.24, 2.45) is 0 Å². The maximum Gasteiger partial charge on any atom is 0.230 e. The third-order valence-electron chi connectivity index (χ3n) is 4.76. The lowest BCUT2D eigenvalue weighted by molar-refractivity contribution is -0.119. The van der Waals surface area contributed by atoms with Crippen LogP contribution in [0.4, 0.5) is 4.39 Å². The summed E-state index contributed by atoms with van der Waals surface area (Å²) in [6, 6.07) is 16.8. The minimum Gasteiger partial charge on any atom is -0.353 e. The van der Waals surface area contributed by atoms with Crippen molar-refractivity contribution < 1.29 is 9.18 Å². The van der Waals surface area contributed by atoms with Crippen LogP contribution in [-0.4, -0.2) is 32.5 Å². The molecule has 0 fully saturated rings. The van der Waals surface area contributed by atoms with Gasteiger partial charge in [0.15, 0.2) is 11.0 Å². The van der Waals surface area contributed by atoms with E-state index in [0.29, 0.717) is 23.1 Å². The first-order valence-electron chi connectivity index (χ1n) is 10.2. The Morgan fingerprint density at radius 3 is 2.60 bits per heavy atom. The molecule has 1 heterocycles. The summed E-state index contributed by atoms with van der Waals surface area (Å²) in [4.78, 5) is 12.3. The molecular weight excluding hydrogens is 399 g/mol. The summed E-state index contributed by atoms with van der Waals surface area (Å²) in [5.41, 5.74) is 1.58. The maximum atomic E-state index is 14.4. The first-order chi connectivity index (χ1) is 14.6. The molecule has 1 aromatic heterocycles. The van der Waals surface area contributed by atoms with Crippen molar-refractivity contribution in [2.45, 2.75) is 50.9 Å². The zero-order valence-electron chi connectivity index (χ0n) is 17.3. The van der Waals surface area contributed by atoms with Crippen molar-refractivity contribution in [1.29, 1.82) is 0 Å². The molecule has 0 aliphatic carbocycles. The van der Waals surface area contributed by atoms with Gasteiger partial charge in [0.05, 0.1) is 11.3 Å². The van der Waals surface area contributed by atoms with Gasteiger partial charge in [0.1, 0.15) is 5.82 Å². The van der Waals surface area contributed by atoms with Gasteiger partial charge in [-0.05, 0) is 37.5 Å². The number of carbonyl (C=O) groups is 1. The van der Waals surface area contributed by atoms with Gasteiger partial charge in [-0.15, -0.1) is 10.2 Å². The lowest BCUT2D eigenvalue weighted by atomic mass is 10.1. The van der Waals surface area contributed by atoms with E-state index in [4.69, 9.17) is 0 Å². The molecule has 0 spiro atoms. The summed E-state index contributed by atoms with van der Waals surface area (Å²) in [5.74, 6) is 0.347. The molecule has 158 valence electrons. The number of benzene rings is 2. The largest absolute Gasteiger partial charge is 0.353 e. The summed E-state index contributed by atoms with van der Waals surface area (Å²) < 4.78 is 16.3. The monoisotopic (exact) mass is 426 g/mol. The molecule has 0 saturated heterocycles. The molecule has 3 rings (SSSR count). The number of nitrogens with zero attached hydrogens (tertiary/aromatic N) is 3. The summed E-state index contributed by atoms with van der Waals surface area (Å²) in [6.07, 6.45) is 2.73. The highest BCUT2D eigenvalue weighted by molar-refractivity contribution is 7.99. The average Bonchev–Trinajstić information content (AvgIpc) is 3.14. The Hall–Kier alpha value is -2.67. The van der Waals surface area contributed by atoms with Gasteiger partial charge < -0.3 is 9.88 Å². The maximum absolute atomic E-state index is 14.4. The number of thioether (sulfide) groups is 1. The molecule has 2 aromatic carbocycles. The van der Waals surface area contributed by atoms with E-state index < -0.39 is 0 Å². The quantitative estimate of drug-likeness (QED) is 0.477. The number of rotatable bonds is 10. The number of carbonyl (C=O) groups excluding carboxylic acids is 1. The van der Waals surface area contributed by atoms with Crippen LogP contribution in [0.3, 0.4) is 0 Å². The van der Waals surface area contributed by atoms with E-state index in [1.165, 1.54) is 23.4 Å². The second kappa shape index (κ2) is 10.9. The summed E-state index contributed by atoms with van der Waals surface area (Å²) in [5, 5.41) is 12.1. The normalized spacial score (nSPS) is 12.0. The lowest BCUT2D eigenvalue weighted by Crippen LogP contribution is -2.33. The number of nitrogens with one attached hydrogen (secondary N) is 1. The van der Waals surface area contributed by atoms with Crippen LogP contribution in [0.1, 0.15) is 32.3 Å². The Balaban J connectivity index is 1.78. The van der Waals surface area contributed by atoms with Gasteiger partial charge in [0.2, 0.25) is 5.91 Å². The Kier molecular flexibility index (Phi) is 8.02. The van der Waals surface area contributed by atoms with E-state index in [9.17, 15) is 9.18 Å². The van der Waals surface area contributed by atoms with Crippen LogP contribution in [0.15, 0.2) is 59.8 Å². The van der Waals surface area contributed by atoms with Gasteiger partial charge in [-0.25, -0.2) is 4.39 Å². The van der Waals surface area contributed by atoms with Crippen molar-refractivity contribution >= 4 is 17.7 Å². The van der Waals surface area contributed by atoms with Crippen molar-refractivity contribution in [3.63, 3.8) is 0 Å². The molecule has 0 saturated carbocycles. The zero-order valence-corrected chi connectivity index (χ0v) is 18.2. The molecule has 1 amide bonds. The molecule has 0 aliphatic rings. The van der Waals surface area contributed by atoms with E-state index in [2.05, 4.69) is 34.6 Å². The highest BCUT2D eigenvalue weighted by Gasteiger charge is 2.18.